The average Bonchev–Trinajstić information content (AvgIpc) is 3.55. The quantitative estimate of drug-likeness (QED) is 0.0441. The Hall–Kier alpha value is -2.89. The zero-order valence-corrected chi connectivity index (χ0v) is 27.0. The van der Waals surface area contributed by atoms with Gasteiger partial charge in [-0.05, 0) is 53.9 Å². The highest BCUT2D eigenvalue weighted by atomic mass is 79.9. The summed E-state index contributed by atoms with van der Waals surface area (Å²) in [5.74, 6) is -0.687. The lowest BCUT2D eigenvalue weighted by atomic mass is 9.95. The van der Waals surface area contributed by atoms with E-state index < -0.39 is 17.7 Å². The Balaban J connectivity index is 1.50. The summed E-state index contributed by atoms with van der Waals surface area (Å²) in [6.07, 6.45) is 1.94. The molecular formula is C30H24BrCl2N3O4S2. The highest BCUT2D eigenvalue weighted by Gasteiger charge is 2.48. The van der Waals surface area contributed by atoms with Crippen LogP contribution in [-0.2, 0) is 15.3 Å². The number of nitrogens with zero attached hydrogens (tertiary/aromatic N) is 3. The lowest BCUT2D eigenvalue weighted by molar-refractivity contribution is -0.132. The third-order valence-electron chi connectivity index (χ3n) is 6.49. The minimum atomic E-state index is -0.921. The van der Waals surface area contributed by atoms with Crippen molar-refractivity contribution in [2.75, 3.05) is 11.5 Å². The molecule has 1 amide bonds. The number of hydrogen-bond donors (Lipinski definition) is 1. The van der Waals surface area contributed by atoms with Crippen LogP contribution in [0.25, 0.3) is 5.76 Å². The number of thioether (sulfide) groups is 1. The highest BCUT2D eigenvalue weighted by molar-refractivity contribution is 9.10. The second-order valence-electron chi connectivity index (χ2n) is 9.32. The van der Waals surface area contributed by atoms with E-state index >= 15 is 0 Å². The highest BCUT2D eigenvalue weighted by Crippen LogP contribution is 2.44. The number of halogens is 3. The van der Waals surface area contributed by atoms with E-state index in [4.69, 9.17) is 27.9 Å². The summed E-state index contributed by atoms with van der Waals surface area (Å²) in [5.41, 5.74) is 1.88. The van der Waals surface area contributed by atoms with E-state index in [-0.39, 0.29) is 16.5 Å². The Morgan fingerprint density at radius 3 is 2.50 bits per heavy atom. The van der Waals surface area contributed by atoms with Crippen LogP contribution in [0.1, 0.15) is 42.5 Å². The maximum absolute atomic E-state index is 13.5. The Bertz CT molecular complexity index is 1650. The number of anilines is 1. The average molecular weight is 705 g/mol. The molecule has 1 saturated heterocycles. The molecule has 42 heavy (non-hydrogen) atoms. The first kappa shape index (κ1) is 30.6. The van der Waals surface area contributed by atoms with Gasteiger partial charge < -0.3 is 9.84 Å². The number of ether oxygens (including phenoxy) is 1. The number of carbonyl (C=O) groups is 2. The molecule has 0 aliphatic carbocycles. The van der Waals surface area contributed by atoms with Crippen LogP contribution in [0.2, 0.25) is 10.0 Å². The number of aliphatic hydroxyl groups excluding tert-OH is 1. The van der Waals surface area contributed by atoms with Crippen molar-refractivity contribution >= 4 is 84.8 Å². The third kappa shape index (κ3) is 6.68. The number of aromatic nitrogens is 2. The summed E-state index contributed by atoms with van der Waals surface area (Å²) in [6.45, 7) is 2.68. The Kier molecular flexibility index (Phi) is 9.90. The summed E-state index contributed by atoms with van der Waals surface area (Å²) >= 11 is 18.3. The monoisotopic (exact) mass is 703 g/mol. The van der Waals surface area contributed by atoms with Crippen LogP contribution in [0.4, 0.5) is 5.13 Å². The fourth-order valence-electron chi connectivity index (χ4n) is 4.33. The Morgan fingerprint density at radius 1 is 1.07 bits per heavy atom. The van der Waals surface area contributed by atoms with Crippen LogP contribution in [0.5, 0.6) is 5.75 Å². The largest absolute Gasteiger partial charge is 0.507 e. The van der Waals surface area contributed by atoms with Gasteiger partial charge in [-0.2, -0.15) is 0 Å². The molecule has 216 valence electrons. The zero-order chi connectivity index (χ0) is 29.8. The number of carbonyl (C=O) groups excluding carboxylic acids is 2. The fraction of sp³-hybridized carbons (Fsp3) is 0.200. The molecule has 2 heterocycles. The van der Waals surface area contributed by atoms with Crippen molar-refractivity contribution < 1.29 is 19.4 Å². The summed E-state index contributed by atoms with van der Waals surface area (Å²) in [4.78, 5) is 28.3. The standard InChI is InChI=1S/C30H24BrCl2N3O4S2/c1-2-3-14-40-22-12-7-17(8-13-22)25-24(26(37)18-4-9-20(31)10-5-18)27(38)28(39)36(25)29-34-35-30(42-29)41-16-19-6-11-21(32)15-23(19)33/h4-13,15,25,37H,2-3,14,16H2,1H3/b26-24-. The fourth-order valence-corrected chi connectivity index (χ4v) is 7.02. The summed E-state index contributed by atoms with van der Waals surface area (Å²) in [5, 5.41) is 21.2. The van der Waals surface area contributed by atoms with Gasteiger partial charge in [0.25, 0.3) is 5.78 Å². The third-order valence-corrected chi connectivity index (χ3v) is 9.71. The first-order chi connectivity index (χ1) is 20.3. The first-order valence-corrected chi connectivity index (χ1v) is 16.3. The van der Waals surface area contributed by atoms with Crippen LogP contribution in [-0.4, -0.2) is 33.6 Å². The molecular weight excluding hydrogens is 681 g/mol. The van der Waals surface area contributed by atoms with Gasteiger partial charge in [0.2, 0.25) is 5.13 Å². The van der Waals surface area contributed by atoms with E-state index in [1.54, 1.807) is 60.7 Å². The van der Waals surface area contributed by atoms with Crippen molar-refractivity contribution in [1.29, 1.82) is 0 Å². The zero-order valence-electron chi connectivity index (χ0n) is 22.2. The smallest absolute Gasteiger partial charge is 0.301 e. The maximum Gasteiger partial charge on any atom is 0.301 e. The molecule has 1 atom stereocenters. The molecule has 0 saturated carbocycles. The van der Waals surface area contributed by atoms with Crippen LogP contribution in [0, 0.1) is 0 Å². The minimum absolute atomic E-state index is 0.0284. The molecule has 1 N–H and O–H groups in total. The van der Waals surface area contributed by atoms with E-state index in [9.17, 15) is 14.7 Å². The van der Waals surface area contributed by atoms with E-state index in [0.717, 1.165) is 22.9 Å². The molecule has 0 bridgehead atoms. The number of aliphatic hydroxyl groups is 1. The van der Waals surface area contributed by atoms with Crippen molar-refractivity contribution in [3.05, 3.63) is 104 Å². The van der Waals surface area contributed by atoms with Gasteiger partial charge >= 0.3 is 5.91 Å². The molecule has 0 radical (unpaired) electrons. The van der Waals surface area contributed by atoms with Crippen molar-refractivity contribution in [2.45, 2.75) is 35.9 Å². The van der Waals surface area contributed by atoms with Crippen LogP contribution in [0.15, 0.2) is 81.1 Å². The van der Waals surface area contributed by atoms with Crippen molar-refractivity contribution in [3.63, 3.8) is 0 Å². The minimum Gasteiger partial charge on any atom is -0.507 e. The van der Waals surface area contributed by atoms with Crippen LogP contribution in [0.3, 0.4) is 0 Å². The molecule has 5 rings (SSSR count). The van der Waals surface area contributed by atoms with Gasteiger partial charge in [0.05, 0.1) is 18.2 Å². The van der Waals surface area contributed by atoms with Crippen molar-refractivity contribution in [2.24, 2.45) is 0 Å². The predicted octanol–water partition coefficient (Wildman–Crippen LogP) is 8.70. The molecule has 7 nitrogen and oxygen atoms in total. The van der Waals surface area contributed by atoms with Gasteiger partial charge in [0.15, 0.2) is 4.34 Å². The normalized spacial score (nSPS) is 16.3. The number of hydrogen-bond acceptors (Lipinski definition) is 8. The van der Waals surface area contributed by atoms with Crippen LogP contribution < -0.4 is 9.64 Å². The van der Waals surface area contributed by atoms with E-state index in [2.05, 4.69) is 33.1 Å². The molecule has 1 fully saturated rings. The topological polar surface area (TPSA) is 92.6 Å². The SMILES string of the molecule is CCCCOc1ccc(C2/C(=C(/O)c3ccc(Br)cc3)C(=O)C(=O)N2c2nnc(SCc3ccc(Cl)cc3Cl)s2)cc1. The molecule has 4 aromatic rings. The molecule has 12 heteroatoms. The number of unbranched alkanes of at least 4 members (excludes halogenated alkanes) is 1. The van der Waals surface area contributed by atoms with Gasteiger partial charge in [0.1, 0.15) is 11.5 Å². The van der Waals surface area contributed by atoms with E-state index in [1.807, 2.05) is 6.07 Å². The Labute approximate surface area is 269 Å². The van der Waals surface area contributed by atoms with Crippen molar-refractivity contribution in [3.8, 4) is 5.75 Å². The molecule has 1 unspecified atom stereocenters. The molecule has 1 aliphatic rings. The molecule has 1 aromatic heterocycles. The van der Waals surface area contributed by atoms with Gasteiger partial charge in [-0.25, -0.2) is 0 Å². The lowest BCUT2D eigenvalue weighted by Gasteiger charge is -2.22. The molecule has 3 aromatic carbocycles. The summed E-state index contributed by atoms with van der Waals surface area (Å²) < 4.78 is 7.20. The van der Waals surface area contributed by atoms with E-state index in [1.165, 1.54) is 28.0 Å². The maximum atomic E-state index is 13.5. The van der Waals surface area contributed by atoms with Gasteiger partial charge in [-0.15, -0.1) is 10.2 Å². The lowest BCUT2D eigenvalue weighted by Crippen LogP contribution is -2.29. The second-order valence-corrected chi connectivity index (χ2v) is 13.3. The Morgan fingerprint density at radius 2 is 1.81 bits per heavy atom. The summed E-state index contributed by atoms with van der Waals surface area (Å²) in [6, 6.07) is 18.4. The second kappa shape index (κ2) is 13.6. The number of Topliss-reactive ketones (excluding diaryl/α,β-unsaturated/α-hetero) is 1. The molecule has 0 spiro atoms. The number of ketones is 1. The number of rotatable bonds is 10. The molecule has 1 aliphatic heterocycles. The number of amides is 1. The van der Waals surface area contributed by atoms with Crippen LogP contribution >= 0.6 is 62.2 Å². The predicted molar refractivity (Wildman–Crippen MR) is 172 cm³/mol. The van der Waals surface area contributed by atoms with Gasteiger partial charge in [0, 0.05) is 25.8 Å². The van der Waals surface area contributed by atoms with Gasteiger partial charge in [-0.1, -0.05) is 106 Å². The van der Waals surface area contributed by atoms with Gasteiger partial charge in [-0.3, -0.25) is 14.5 Å². The van der Waals surface area contributed by atoms with E-state index in [0.29, 0.717) is 43.6 Å². The van der Waals surface area contributed by atoms with Crippen molar-refractivity contribution in [1.82, 2.24) is 10.2 Å². The first-order valence-electron chi connectivity index (χ1n) is 13.0. The summed E-state index contributed by atoms with van der Waals surface area (Å²) in [7, 11) is 0. The number of benzene rings is 3.